The molecule has 1 unspecified atom stereocenters. The van der Waals surface area contributed by atoms with Crippen LogP contribution >= 0.6 is 0 Å². The van der Waals surface area contributed by atoms with Gasteiger partial charge in [-0.25, -0.2) is 0 Å². The molecule has 0 amide bonds. The molecule has 0 spiro atoms. The number of rotatable bonds is 2. The molecule has 0 saturated carbocycles. The maximum absolute atomic E-state index is 11.3. The summed E-state index contributed by atoms with van der Waals surface area (Å²) < 4.78 is 5.22. The quantitative estimate of drug-likeness (QED) is 0.548. The molecule has 0 aromatic rings. The zero-order chi connectivity index (χ0) is 8.41. The van der Waals surface area contributed by atoms with Gasteiger partial charge in [-0.15, -0.1) is 0 Å². The van der Waals surface area contributed by atoms with Gasteiger partial charge in [-0.3, -0.25) is 0 Å². The van der Waals surface area contributed by atoms with E-state index in [1.807, 2.05) is 27.7 Å². The smallest absolute Gasteiger partial charge is 0.199 e. The van der Waals surface area contributed by atoms with Crippen molar-refractivity contribution in [3.05, 3.63) is 0 Å². The van der Waals surface area contributed by atoms with Crippen molar-refractivity contribution in [3.63, 3.8) is 0 Å². The van der Waals surface area contributed by atoms with Gasteiger partial charge in [-0.1, -0.05) is 6.92 Å². The molecule has 0 rings (SSSR count). The molecule has 0 aromatic carbocycles. The fraction of sp³-hybridized carbons (Fsp3) is 1.00. The van der Waals surface area contributed by atoms with Crippen LogP contribution in [0.15, 0.2) is 0 Å². The van der Waals surface area contributed by atoms with E-state index in [4.69, 9.17) is 4.74 Å². The van der Waals surface area contributed by atoms with Crippen LogP contribution in [-0.2, 0) is 9.84 Å². The Hall–Kier alpha value is -0.0800. The van der Waals surface area contributed by atoms with Crippen molar-refractivity contribution in [2.24, 2.45) is 0 Å². The highest BCUT2D eigenvalue weighted by Gasteiger charge is 2.27. The molecular formula is C8H17O2. The van der Waals surface area contributed by atoms with Gasteiger partial charge in [0, 0.05) is 6.42 Å². The van der Waals surface area contributed by atoms with Gasteiger partial charge in [0.2, 0.25) is 0 Å². The van der Waals surface area contributed by atoms with E-state index in [1.54, 1.807) is 6.92 Å². The van der Waals surface area contributed by atoms with Crippen LogP contribution in [0.5, 0.6) is 0 Å². The molecule has 1 atom stereocenters. The van der Waals surface area contributed by atoms with Gasteiger partial charge in [0.25, 0.3) is 0 Å². The molecule has 0 aromatic heterocycles. The minimum Gasteiger partial charge on any atom is -0.342 e. The van der Waals surface area contributed by atoms with Crippen LogP contribution in [0.1, 0.15) is 41.0 Å². The van der Waals surface area contributed by atoms with E-state index in [-0.39, 0.29) is 5.60 Å². The Morgan fingerprint density at radius 3 is 1.70 bits per heavy atom. The van der Waals surface area contributed by atoms with Gasteiger partial charge in [0.15, 0.2) is 5.79 Å². The first kappa shape index (κ1) is 9.92. The molecule has 2 nitrogen and oxygen atoms in total. The number of ether oxygens (including phenoxy) is 1. The van der Waals surface area contributed by atoms with Crippen molar-refractivity contribution in [1.29, 1.82) is 0 Å². The molecule has 0 saturated heterocycles. The molecule has 0 aliphatic heterocycles. The number of hydrogen-bond acceptors (Lipinski definition) is 1. The Balaban J connectivity index is 3.89. The topological polar surface area (TPSA) is 29.1 Å². The average Bonchev–Trinajstić information content (AvgIpc) is 1.60. The van der Waals surface area contributed by atoms with E-state index in [9.17, 15) is 5.11 Å². The lowest BCUT2D eigenvalue weighted by atomic mass is 10.1. The molecule has 2 heteroatoms. The molecule has 0 aliphatic carbocycles. The average molecular weight is 145 g/mol. The highest BCUT2D eigenvalue weighted by atomic mass is 16.6. The highest BCUT2D eigenvalue weighted by molar-refractivity contribution is 4.66. The van der Waals surface area contributed by atoms with E-state index < -0.39 is 5.79 Å². The molecule has 0 aliphatic rings. The van der Waals surface area contributed by atoms with Gasteiger partial charge < -0.3 is 4.74 Å². The fourth-order valence-corrected chi connectivity index (χ4v) is 0.720. The van der Waals surface area contributed by atoms with Crippen molar-refractivity contribution >= 4 is 0 Å². The van der Waals surface area contributed by atoms with E-state index in [0.29, 0.717) is 6.42 Å². The molecule has 0 N–H and O–H groups in total. The van der Waals surface area contributed by atoms with Crippen LogP contribution in [0.4, 0.5) is 0 Å². The van der Waals surface area contributed by atoms with Crippen molar-refractivity contribution in [1.82, 2.24) is 0 Å². The van der Waals surface area contributed by atoms with Crippen LogP contribution < -0.4 is 0 Å². The summed E-state index contributed by atoms with van der Waals surface area (Å²) in [4.78, 5) is 0. The monoisotopic (exact) mass is 145 g/mol. The van der Waals surface area contributed by atoms with Crippen LogP contribution in [0.25, 0.3) is 0 Å². The van der Waals surface area contributed by atoms with E-state index in [1.165, 1.54) is 0 Å². The second-order valence-electron chi connectivity index (χ2n) is 3.70. The lowest BCUT2D eigenvalue weighted by molar-refractivity contribution is -0.273. The van der Waals surface area contributed by atoms with Gasteiger partial charge >= 0.3 is 0 Å². The first-order chi connectivity index (χ1) is 4.27. The first-order valence-corrected chi connectivity index (χ1v) is 3.67. The summed E-state index contributed by atoms with van der Waals surface area (Å²) in [6, 6.07) is 0. The molecule has 0 fully saturated rings. The summed E-state index contributed by atoms with van der Waals surface area (Å²) in [5.74, 6) is -1.22. The van der Waals surface area contributed by atoms with Crippen LogP contribution in [0.2, 0.25) is 0 Å². The summed E-state index contributed by atoms with van der Waals surface area (Å²) >= 11 is 0. The summed E-state index contributed by atoms with van der Waals surface area (Å²) in [6.07, 6.45) is 0.504. The summed E-state index contributed by atoms with van der Waals surface area (Å²) in [5.41, 5.74) is -0.327. The Labute approximate surface area is 63.2 Å². The van der Waals surface area contributed by atoms with Crippen LogP contribution in [-0.4, -0.2) is 11.4 Å². The van der Waals surface area contributed by atoms with Crippen molar-refractivity contribution in [2.45, 2.75) is 52.4 Å². The standard InChI is InChI=1S/C8H17O2/c1-6-8(5,9)10-7(2,3)4/h6H2,1-5H3. The predicted octanol–water partition coefficient (Wildman–Crippen LogP) is 2.36. The predicted molar refractivity (Wildman–Crippen MR) is 40.2 cm³/mol. The molecule has 61 valence electrons. The minimum atomic E-state index is -1.22. The minimum absolute atomic E-state index is 0.327. The van der Waals surface area contributed by atoms with Crippen molar-refractivity contribution in [3.8, 4) is 0 Å². The van der Waals surface area contributed by atoms with Crippen LogP contribution in [0.3, 0.4) is 0 Å². The fourth-order valence-electron chi connectivity index (χ4n) is 0.720. The summed E-state index contributed by atoms with van der Waals surface area (Å²) in [6.45, 7) is 9.06. The Bertz CT molecular complexity index is 100. The maximum atomic E-state index is 11.3. The Morgan fingerprint density at radius 2 is 1.60 bits per heavy atom. The van der Waals surface area contributed by atoms with Crippen LogP contribution in [0, 0.1) is 0 Å². The normalized spacial score (nSPS) is 18.6. The summed E-state index contributed by atoms with van der Waals surface area (Å²) in [5, 5.41) is 11.3. The molecule has 0 bridgehead atoms. The molecule has 0 heterocycles. The lowest BCUT2D eigenvalue weighted by Gasteiger charge is -2.29. The number of hydrogen-bond donors (Lipinski definition) is 0. The van der Waals surface area contributed by atoms with Crippen molar-refractivity contribution in [2.75, 3.05) is 0 Å². The Kier molecular flexibility index (Phi) is 2.86. The molecular weight excluding hydrogens is 128 g/mol. The van der Waals surface area contributed by atoms with E-state index >= 15 is 0 Å². The second-order valence-corrected chi connectivity index (χ2v) is 3.70. The van der Waals surface area contributed by atoms with Crippen molar-refractivity contribution < 1.29 is 9.84 Å². The zero-order valence-electron chi connectivity index (χ0n) is 7.52. The third kappa shape index (κ3) is 4.77. The highest BCUT2D eigenvalue weighted by Crippen LogP contribution is 2.20. The first-order valence-electron chi connectivity index (χ1n) is 3.67. The van der Waals surface area contributed by atoms with E-state index in [0.717, 1.165) is 0 Å². The van der Waals surface area contributed by atoms with Gasteiger partial charge in [0.1, 0.15) is 0 Å². The maximum Gasteiger partial charge on any atom is 0.199 e. The zero-order valence-corrected chi connectivity index (χ0v) is 7.52. The van der Waals surface area contributed by atoms with Gasteiger partial charge in [-0.05, 0) is 27.7 Å². The SMILES string of the molecule is CCC(C)([O])OC(C)(C)C. The lowest BCUT2D eigenvalue weighted by Crippen LogP contribution is -2.35. The largest absolute Gasteiger partial charge is 0.342 e. The van der Waals surface area contributed by atoms with Gasteiger partial charge in [0.05, 0.1) is 5.60 Å². The third-order valence-corrected chi connectivity index (χ3v) is 1.16. The second kappa shape index (κ2) is 2.89. The summed E-state index contributed by atoms with van der Waals surface area (Å²) in [7, 11) is 0. The molecule has 10 heavy (non-hydrogen) atoms. The Morgan fingerprint density at radius 1 is 1.20 bits per heavy atom. The molecule has 1 radical (unpaired) electrons. The van der Waals surface area contributed by atoms with Gasteiger partial charge in [-0.2, -0.15) is 5.11 Å². The third-order valence-electron chi connectivity index (χ3n) is 1.16. The van der Waals surface area contributed by atoms with E-state index in [2.05, 4.69) is 0 Å².